The Balaban J connectivity index is 2.96. The Kier molecular flexibility index (Phi) is 9.32. The highest BCUT2D eigenvalue weighted by Gasteiger charge is 1.91. The van der Waals surface area contributed by atoms with Gasteiger partial charge in [0.1, 0.15) is 0 Å². The molecule has 0 aromatic carbocycles. The largest absolute Gasteiger partial charge is 0.376 e. The summed E-state index contributed by atoms with van der Waals surface area (Å²) in [7, 11) is 0. The van der Waals surface area contributed by atoms with Crippen LogP contribution >= 0.6 is 0 Å². The highest BCUT2D eigenvalue weighted by molar-refractivity contribution is 4.79. The molecule has 0 aromatic rings. The maximum atomic E-state index is 11.5. The first kappa shape index (κ1) is 12.6. The van der Waals surface area contributed by atoms with Crippen LogP contribution in [-0.4, -0.2) is 6.61 Å². The fourth-order valence-electron chi connectivity index (χ4n) is 0.919. The lowest BCUT2D eigenvalue weighted by Crippen LogP contribution is -1.90. The number of halogens is 2. The van der Waals surface area contributed by atoms with Crippen LogP contribution in [0, 0.1) is 6.61 Å². The minimum absolute atomic E-state index is 0.472. The van der Waals surface area contributed by atoms with E-state index in [1.54, 1.807) is 6.61 Å². The zero-order chi connectivity index (χ0) is 9.94. The third kappa shape index (κ3) is 11.6. The monoisotopic (exact) mass is 191 g/mol. The molecule has 0 spiro atoms. The van der Waals surface area contributed by atoms with E-state index in [4.69, 9.17) is 4.74 Å². The van der Waals surface area contributed by atoms with Crippen LogP contribution in [0.25, 0.3) is 0 Å². The van der Waals surface area contributed by atoms with Crippen LogP contribution in [0.2, 0.25) is 0 Å². The zero-order valence-electron chi connectivity index (χ0n) is 8.06. The van der Waals surface area contributed by atoms with Gasteiger partial charge in [0, 0.05) is 6.61 Å². The Bertz CT molecular complexity index is 131. The first-order valence-electron chi connectivity index (χ1n) is 4.71. The van der Waals surface area contributed by atoms with Crippen molar-refractivity contribution < 1.29 is 13.5 Å². The molecule has 0 saturated carbocycles. The maximum Gasteiger partial charge on any atom is 0.266 e. The average molecular weight is 191 g/mol. The van der Waals surface area contributed by atoms with Crippen molar-refractivity contribution in [2.75, 3.05) is 6.61 Å². The van der Waals surface area contributed by atoms with Crippen molar-refractivity contribution >= 4 is 0 Å². The predicted octanol–water partition coefficient (Wildman–Crippen LogP) is 3.92. The minimum atomic E-state index is -1.57. The summed E-state index contributed by atoms with van der Waals surface area (Å²) < 4.78 is 28.2. The van der Waals surface area contributed by atoms with Crippen LogP contribution < -0.4 is 0 Å². The molecule has 0 aromatic heterocycles. The van der Waals surface area contributed by atoms with Crippen LogP contribution in [0.4, 0.5) is 8.78 Å². The molecule has 0 atom stereocenters. The Hall–Kier alpha value is -0.440. The quantitative estimate of drug-likeness (QED) is 0.528. The van der Waals surface area contributed by atoms with Gasteiger partial charge in [-0.15, -0.1) is 0 Å². The molecule has 1 radical (unpaired) electrons. The molecule has 0 aliphatic rings. The van der Waals surface area contributed by atoms with Gasteiger partial charge in [0.05, 0.1) is 6.61 Å². The smallest absolute Gasteiger partial charge is 0.266 e. The van der Waals surface area contributed by atoms with Crippen LogP contribution in [0.15, 0.2) is 12.2 Å². The summed E-state index contributed by atoms with van der Waals surface area (Å²) in [4.78, 5) is 0. The molecule has 3 heteroatoms. The summed E-state index contributed by atoms with van der Waals surface area (Å²) >= 11 is 0. The number of unbranched alkanes of at least 4 members (excludes halogenated alkanes) is 3. The number of rotatable bonds is 8. The molecule has 77 valence electrons. The molecule has 0 saturated heterocycles. The normalized spacial score (nSPS) is 10.1. The van der Waals surface area contributed by atoms with Gasteiger partial charge in [-0.05, 0) is 31.8 Å². The van der Waals surface area contributed by atoms with E-state index in [0.29, 0.717) is 13.0 Å². The van der Waals surface area contributed by atoms with Gasteiger partial charge in [0.25, 0.3) is 6.08 Å². The zero-order valence-corrected chi connectivity index (χ0v) is 8.06. The second-order valence-corrected chi connectivity index (χ2v) is 2.79. The third-order valence-electron chi connectivity index (χ3n) is 1.55. The van der Waals surface area contributed by atoms with Crippen molar-refractivity contribution in [2.45, 2.75) is 39.0 Å². The molecular formula is C10H17F2O. The van der Waals surface area contributed by atoms with E-state index in [-0.39, 0.29) is 0 Å². The topological polar surface area (TPSA) is 9.23 Å². The fraction of sp³-hybridized carbons (Fsp3) is 0.700. The van der Waals surface area contributed by atoms with E-state index in [1.807, 2.05) is 6.92 Å². The molecule has 0 rings (SSSR count). The van der Waals surface area contributed by atoms with E-state index in [1.165, 1.54) is 0 Å². The molecule has 0 aliphatic heterocycles. The fourth-order valence-corrected chi connectivity index (χ4v) is 0.919. The van der Waals surface area contributed by atoms with E-state index < -0.39 is 6.08 Å². The minimum Gasteiger partial charge on any atom is -0.376 e. The van der Waals surface area contributed by atoms with Crippen LogP contribution in [0.3, 0.4) is 0 Å². The Labute approximate surface area is 78.8 Å². The molecule has 0 aliphatic carbocycles. The summed E-state index contributed by atoms with van der Waals surface area (Å²) in [6, 6.07) is 0. The van der Waals surface area contributed by atoms with Crippen molar-refractivity contribution in [1.82, 2.24) is 0 Å². The lowest BCUT2D eigenvalue weighted by Gasteiger charge is -2.00. The average Bonchev–Trinajstić information content (AvgIpc) is 2.09. The van der Waals surface area contributed by atoms with Gasteiger partial charge in [-0.1, -0.05) is 13.3 Å². The number of ether oxygens (including phenoxy) is 1. The van der Waals surface area contributed by atoms with Crippen molar-refractivity contribution in [2.24, 2.45) is 0 Å². The molecule has 0 amide bonds. The van der Waals surface area contributed by atoms with Gasteiger partial charge in [0.15, 0.2) is 0 Å². The molecule has 13 heavy (non-hydrogen) atoms. The highest BCUT2D eigenvalue weighted by Crippen LogP contribution is 2.05. The van der Waals surface area contributed by atoms with Crippen LogP contribution in [-0.2, 0) is 4.74 Å². The standard InChI is InChI=1S/C10H17F2O/c1-2-8-13-9-6-4-3-5-7-10(11)12/h7-8H,2-6,9H2,1H3. The maximum absolute atomic E-state index is 11.5. The lowest BCUT2D eigenvalue weighted by atomic mass is 10.2. The Morgan fingerprint density at radius 1 is 1.23 bits per heavy atom. The van der Waals surface area contributed by atoms with Crippen LogP contribution in [0.1, 0.15) is 39.0 Å². The second kappa shape index (κ2) is 9.65. The molecule has 0 heterocycles. The second-order valence-electron chi connectivity index (χ2n) is 2.79. The molecule has 0 fully saturated rings. The van der Waals surface area contributed by atoms with Crippen LogP contribution in [0.5, 0.6) is 0 Å². The van der Waals surface area contributed by atoms with E-state index >= 15 is 0 Å². The molecule has 0 unspecified atom stereocenters. The SMILES string of the molecule is CC[CH]OCCCCCC=C(F)F. The third-order valence-corrected chi connectivity index (χ3v) is 1.55. The van der Waals surface area contributed by atoms with E-state index in [0.717, 1.165) is 31.8 Å². The van der Waals surface area contributed by atoms with E-state index in [9.17, 15) is 8.78 Å². The van der Waals surface area contributed by atoms with E-state index in [2.05, 4.69) is 0 Å². The summed E-state index contributed by atoms with van der Waals surface area (Å²) in [6.45, 7) is 4.48. The van der Waals surface area contributed by atoms with Gasteiger partial charge in [0.2, 0.25) is 0 Å². The predicted molar refractivity (Wildman–Crippen MR) is 49.3 cm³/mol. The van der Waals surface area contributed by atoms with Crippen molar-refractivity contribution in [3.8, 4) is 0 Å². The molecule has 0 bridgehead atoms. The van der Waals surface area contributed by atoms with Gasteiger partial charge >= 0.3 is 0 Å². The number of allylic oxidation sites excluding steroid dienone is 1. The Morgan fingerprint density at radius 2 is 2.00 bits per heavy atom. The molecule has 1 nitrogen and oxygen atoms in total. The first-order chi connectivity index (χ1) is 6.27. The van der Waals surface area contributed by atoms with Gasteiger partial charge in [-0.25, -0.2) is 0 Å². The van der Waals surface area contributed by atoms with Crippen molar-refractivity contribution in [3.63, 3.8) is 0 Å². The van der Waals surface area contributed by atoms with Crippen molar-refractivity contribution in [3.05, 3.63) is 18.8 Å². The Morgan fingerprint density at radius 3 is 2.62 bits per heavy atom. The number of hydrogen-bond donors (Lipinski definition) is 0. The summed E-state index contributed by atoms with van der Waals surface area (Å²) in [6.07, 6.45) is 3.48. The van der Waals surface area contributed by atoms with Gasteiger partial charge in [-0.3, -0.25) is 0 Å². The highest BCUT2D eigenvalue weighted by atomic mass is 19.3. The summed E-state index contributed by atoms with van der Waals surface area (Å²) in [5, 5.41) is 0. The number of hydrogen-bond acceptors (Lipinski definition) is 1. The van der Waals surface area contributed by atoms with Gasteiger partial charge < -0.3 is 4.74 Å². The molecule has 0 N–H and O–H groups in total. The molecular weight excluding hydrogens is 174 g/mol. The first-order valence-corrected chi connectivity index (χ1v) is 4.71. The summed E-state index contributed by atoms with van der Waals surface area (Å²) in [5.41, 5.74) is 0. The lowest BCUT2D eigenvalue weighted by molar-refractivity contribution is 0.188. The van der Waals surface area contributed by atoms with Crippen molar-refractivity contribution in [1.29, 1.82) is 0 Å². The van der Waals surface area contributed by atoms with Gasteiger partial charge in [-0.2, -0.15) is 8.78 Å². The summed E-state index contributed by atoms with van der Waals surface area (Å²) in [5.74, 6) is 0.